The van der Waals surface area contributed by atoms with Crippen molar-refractivity contribution in [3.8, 4) is 0 Å². The van der Waals surface area contributed by atoms with Gasteiger partial charge in [-0.05, 0) is 25.8 Å². The summed E-state index contributed by atoms with van der Waals surface area (Å²) < 4.78 is 20.4. The number of carbonyl (C=O) groups excluding carboxylic acids is 1. The molecule has 0 bridgehead atoms. The molecule has 7 heteroatoms. The molecule has 1 saturated carbocycles. The zero-order valence-corrected chi connectivity index (χ0v) is 16.9. The van der Waals surface area contributed by atoms with Crippen LogP contribution in [0.5, 0.6) is 0 Å². The molecule has 1 aromatic carbocycles. The van der Waals surface area contributed by atoms with Crippen molar-refractivity contribution in [3.63, 3.8) is 0 Å². The minimum atomic E-state index is -0.407. The molecule has 1 aliphatic heterocycles. The van der Waals surface area contributed by atoms with Crippen LogP contribution in [-0.2, 0) is 11.3 Å². The highest BCUT2D eigenvalue weighted by molar-refractivity contribution is 7.11. The van der Waals surface area contributed by atoms with Gasteiger partial charge >= 0.3 is 0 Å². The Balaban J connectivity index is 1.49. The van der Waals surface area contributed by atoms with Gasteiger partial charge in [-0.1, -0.05) is 31.0 Å². The van der Waals surface area contributed by atoms with Gasteiger partial charge in [0, 0.05) is 25.2 Å². The zero-order valence-electron chi connectivity index (χ0n) is 16.1. The van der Waals surface area contributed by atoms with Crippen LogP contribution in [0.1, 0.15) is 46.6 Å². The molecule has 0 radical (unpaired) electrons. The molecule has 1 saturated heterocycles. The minimum Gasteiger partial charge on any atom is -0.370 e. The van der Waals surface area contributed by atoms with Crippen molar-refractivity contribution in [1.82, 2.24) is 15.2 Å². The first kappa shape index (κ1) is 19.5. The number of morpholine rings is 1. The summed E-state index contributed by atoms with van der Waals surface area (Å²) in [6.07, 6.45) is 3.97. The minimum absolute atomic E-state index is 0.0429. The van der Waals surface area contributed by atoms with E-state index >= 15 is 0 Å². The van der Waals surface area contributed by atoms with Crippen LogP contribution in [0.2, 0.25) is 0 Å². The fourth-order valence-corrected chi connectivity index (χ4v) is 5.11. The van der Waals surface area contributed by atoms with Crippen molar-refractivity contribution in [1.29, 1.82) is 0 Å². The van der Waals surface area contributed by atoms with Crippen LogP contribution < -0.4 is 5.32 Å². The Morgan fingerprint density at radius 2 is 2.29 bits per heavy atom. The number of aryl methyl sites for hydroxylation is 1. The highest BCUT2D eigenvalue weighted by atomic mass is 32.1. The molecule has 1 amide bonds. The number of thiazole rings is 1. The van der Waals surface area contributed by atoms with Gasteiger partial charge in [0.15, 0.2) is 0 Å². The van der Waals surface area contributed by atoms with Crippen molar-refractivity contribution < 1.29 is 13.9 Å². The summed E-state index contributed by atoms with van der Waals surface area (Å²) >= 11 is 1.37. The van der Waals surface area contributed by atoms with E-state index < -0.39 is 5.60 Å². The number of halogens is 1. The Morgan fingerprint density at radius 3 is 3.07 bits per heavy atom. The average molecular weight is 404 g/mol. The Hall–Kier alpha value is -1.83. The van der Waals surface area contributed by atoms with Crippen molar-refractivity contribution in [3.05, 3.63) is 51.7 Å². The number of amides is 1. The summed E-state index contributed by atoms with van der Waals surface area (Å²) in [7, 11) is 0. The third kappa shape index (κ3) is 3.97. The third-order valence-electron chi connectivity index (χ3n) is 5.87. The summed E-state index contributed by atoms with van der Waals surface area (Å²) in [6, 6.07) is 6.89. The summed E-state index contributed by atoms with van der Waals surface area (Å²) in [6.45, 7) is 4.49. The molecule has 1 aliphatic carbocycles. The second-order valence-corrected chi connectivity index (χ2v) is 8.61. The number of benzene rings is 1. The summed E-state index contributed by atoms with van der Waals surface area (Å²) in [5, 5.41) is 3.22. The maximum Gasteiger partial charge on any atom is 0.263 e. The van der Waals surface area contributed by atoms with Crippen molar-refractivity contribution in [2.24, 2.45) is 0 Å². The molecule has 28 heavy (non-hydrogen) atoms. The van der Waals surface area contributed by atoms with E-state index in [-0.39, 0.29) is 17.8 Å². The molecule has 1 aromatic heterocycles. The number of hydrogen-bond donors (Lipinski definition) is 1. The maximum absolute atomic E-state index is 14.1. The van der Waals surface area contributed by atoms with Crippen LogP contribution in [0.25, 0.3) is 0 Å². The predicted octanol–water partition coefficient (Wildman–Crippen LogP) is 3.53. The Labute approximate surface area is 168 Å². The molecule has 5 nitrogen and oxygen atoms in total. The first-order valence-corrected chi connectivity index (χ1v) is 10.8. The Kier molecular flexibility index (Phi) is 5.75. The summed E-state index contributed by atoms with van der Waals surface area (Å²) in [5.41, 5.74) is 2.76. The number of aromatic nitrogens is 1. The lowest BCUT2D eigenvalue weighted by atomic mass is 9.78. The van der Waals surface area contributed by atoms with Gasteiger partial charge in [0.25, 0.3) is 5.91 Å². The first-order valence-electron chi connectivity index (χ1n) is 9.88. The molecular formula is C21H26FN3O2S. The monoisotopic (exact) mass is 403 g/mol. The Bertz CT molecular complexity index is 839. The van der Waals surface area contributed by atoms with Gasteiger partial charge in [-0.15, -0.1) is 11.3 Å². The fourth-order valence-electron chi connectivity index (χ4n) is 4.40. The summed E-state index contributed by atoms with van der Waals surface area (Å²) in [5.74, 6) is -0.238. The van der Waals surface area contributed by atoms with Crippen molar-refractivity contribution in [2.75, 3.05) is 19.7 Å². The zero-order chi connectivity index (χ0) is 19.6. The highest BCUT2D eigenvalue weighted by Gasteiger charge is 2.46. The van der Waals surface area contributed by atoms with Crippen LogP contribution in [0.4, 0.5) is 4.39 Å². The second-order valence-electron chi connectivity index (χ2n) is 7.75. The smallest absolute Gasteiger partial charge is 0.263 e. The van der Waals surface area contributed by atoms with E-state index in [0.29, 0.717) is 30.1 Å². The van der Waals surface area contributed by atoms with Gasteiger partial charge < -0.3 is 10.1 Å². The molecule has 0 unspecified atom stereocenters. The van der Waals surface area contributed by atoms with E-state index in [4.69, 9.17) is 4.74 Å². The quantitative estimate of drug-likeness (QED) is 0.849. The van der Waals surface area contributed by atoms with Crippen LogP contribution in [-0.4, -0.2) is 47.1 Å². The highest BCUT2D eigenvalue weighted by Crippen LogP contribution is 2.35. The van der Waals surface area contributed by atoms with E-state index in [9.17, 15) is 9.18 Å². The van der Waals surface area contributed by atoms with Gasteiger partial charge in [-0.2, -0.15) is 0 Å². The molecule has 2 fully saturated rings. The molecule has 2 aromatic rings. The van der Waals surface area contributed by atoms with Crippen LogP contribution in [0.15, 0.2) is 29.8 Å². The second kappa shape index (κ2) is 8.27. The fraction of sp³-hybridized carbons (Fsp3) is 0.524. The third-order valence-corrected chi connectivity index (χ3v) is 6.80. The van der Waals surface area contributed by atoms with E-state index in [1.165, 1.54) is 17.4 Å². The molecule has 2 heterocycles. The topological polar surface area (TPSA) is 54.5 Å². The lowest BCUT2D eigenvalue weighted by molar-refractivity contribution is -0.143. The normalized spacial score (nSPS) is 25.7. The van der Waals surface area contributed by atoms with E-state index in [1.807, 2.05) is 19.1 Å². The molecule has 2 aliphatic rings. The van der Waals surface area contributed by atoms with Gasteiger partial charge in [0.1, 0.15) is 16.3 Å². The van der Waals surface area contributed by atoms with E-state index in [0.717, 1.165) is 37.9 Å². The average Bonchev–Trinajstić information content (AvgIpc) is 3.12. The van der Waals surface area contributed by atoms with E-state index in [1.54, 1.807) is 11.6 Å². The lowest BCUT2D eigenvalue weighted by Gasteiger charge is -2.49. The number of ether oxygens (including phenoxy) is 1. The molecule has 1 N–H and O–H groups in total. The van der Waals surface area contributed by atoms with Crippen molar-refractivity contribution >= 4 is 17.2 Å². The number of hydrogen-bond acceptors (Lipinski definition) is 5. The van der Waals surface area contributed by atoms with E-state index in [2.05, 4.69) is 15.2 Å². The Morgan fingerprint density at radius 1 is 1.43 bits per heavy atom. The van der Waals surface area contributed by atoms with Gasteiger partial charge in [-0.25, -0.2) is 9.37 Å². The van der Waals surface area contributed by atoms with Gasteiger partial charge in [-0.3, -0.25) is 9.69 Å². The number of nitrogens with zero attached hydrogens (tertiary/aromatic N) is 2. The number of carbonyl (C=O) groups is 1. The predicted molar refractivity (Wildman–Crippen MR) is 107 cm³/mol. The van der Waals surface area contributed by atoms with Crippen LogP contribution in [0.3, 0.4) is 0 Å². The van der Waals surface area contributed by atoms with Gasteiger partial charge in [0.2, 0.25) is 0 Å². The molecule has 1 spiro atoms. The standard InChI is InChI=1S/C21H26FN3O2S/c1-15-19(28-14-23-15)20(26)24-18-8-4-5-9-21(18)13-25(10-11-27-21)12-16-6-2-3-7-17(16)22/h2-3,6-7,14,18H,4-5,8-13H2,1H3,(H,24,26)/t18-,21-/m1/s1. The molecule has 4 rings (SSSR count). The first-order chi connectivity index (χ1) is 13.6. The molecule has 150 valence electrons. The number of nitrogens with one attached hydrogen (secondary N) is 1. The largest absolute Gasteiger partial charge is 0.370 e. The SMILES string of the molecule is Cc1ncsc1C(=O)N[C@@H]1CCCC[C@@]12CN(Cc1ccccc1F)CCO2. The summed E-state index contributed by atoms with van der Waals surface area (Å²) in [4.78, 5) is 19.9. The van der Waals surface area contributed by atoms with Crippen molar-refractivity contribution in [2.45, 2.75) is 50.8 Å². The lowest BCUT2D eigenvalue weighted by Crippen LogP contribution is -2.63. The van der Waals surface area contributed by atoms with Crippen LogP contribution >= 0.6 is 11.3 Å². The maximum atomic E-state index is 14.1. The van der Waals surface area contributed by atoms with Gasteiger partial charge in [0.05, 0.1) is 23.9 Å². The molecular weight excluding hydrogens is 377 g/mol. The van der Waals surface area contributed by atoms with Crippen LogP contribution in [0, 0.1) is 12.7 Å². The number of rotatable bonds is 4. The molecule has 2 atom stereocenters.